The van der Waals surface area contributed by atoms with E-state index in [9.17, 15) is 4.79 Å². The van der Waals surface area contributed by atoms with Gasteiger partial charge in [-0.2, -0.15) is 0 Å². The average Bonchev–Trinajstić information content (AvgIpc) is 3.10. The first-order chi connectivity index (χ1) is 8.72. The molecule has 1 atom stereocenters. The number of aliphatic imine (C=N–C) groups is 1. The van der Waals surface area contributed by atoms with E-state index in [0.29, 0.717) is 24.3 Å². The Kier molecular flexibility index (Phi) is 4.44. The van der Waals surface area contributed by atoms with E-state index < -0.39 is 0 Å². The summed E-state index contributed by atoms with van der Waals surface area (Å²) in [6.45, 7) is 4.73. The second-order valence-electron chi connectivity index (χ2n) is 5.28. The van der Waals surface area contributed by atoms with Crippen molar-refractivity contribution in [3.05, 3.63) is 0 Å². The van der Waals surface area contributed by atoms with E-state index >= 15 is 0 Å². The first-order valence-electron chi connectivity index (χ1n) is 6.98. The van der Waals surface area contributed by atoms with E-state index in [-0.39, 0.29) is 0 Å². The van der Waals surface area contributed by atoms with Crippen LogP contribution >= 0.6 is 0 Å². The number of nitrogens with zero attached hydrogens (tertiary/aromatic N) is 2. The molecule has 0 spiro atoms. The molecule has 2 aliphatic rings. The smallest absolute Gasteiger partial charge is 0.222 e. The SMILES string of the molecule is CCCN1CC(CNC(=NC)NC2CC2)CC1=O. The second kappa shape index (κ2) is 6.07. The highest BCUT2D eigenvalue weighted by Crippen LogP contribution is 2.19. The molecule has 1 unspecified atom stereocenters. The minimum atomic E-state index is 0.300. The quantitative estimate of drug-likeness (QED) is 0.555. The number of rotatable bonds is 5. The fourth-order valence-electron chi connectivity index (χ4n) is 2.33. The van der Waals surface area contributed by atoms with Crippen molar-refractivity contribution < 1.29 is 4.79 Å². The number of carbonyl (C=O) groups excluding carboxylic acids is 1. The van der Waals surface area contributed by atoms with E-state index in [2.05, 4.69) is 22.5 Å². The number of hydrogen-bond acceptors (Lipinski definition) is 2. The first kappa shape index (κ1) is 13.2. The Morgan fingerprint density at radius 1 is 1.50 bits per heavy atom. The molecule has 5 heteroatoms. The summed E-state index contributed by atoms with van der Waals surface area (Å²) in [6.07, 6.45) is 4.20. The lowest BCUT2D eigenvalue weighted by atomic mass is 10.1. The molecule has 0 aromatic rings. The Hall–Kier alpha value is -1.26. The molecule has 1 amide bonds. The average molecular weight is 252 g/mol. The van der Waals surface area contributed by atoms with Crippen molar-refractivity contribution in [2.24, 2.45) is 10.9 Å². The summed E-state index contributed by atoms with van der Waals surface area (Å²) in [5, 5.41) is 6.68. The Labute approximate surface area is 109 Å². The van der Waals surface area contributed by atoms with Crippen molar-refractivity contribution in [1.29, 1.82) is 0 Å². The van der Waals surface area contributed by atoms with E-state index in [0.717, 1.165) is 32.0 Å². The van der Waals surface area contributed by atoms with Gasteiger partial charge in [-0.3, -0.25) is 9.79 Å². The van der Waals surface area contributed by atoms with Gasteiger partial charge in [-0.25, -0.2) is 0 Å². The summed E-state index contributed by atoms with van der Waals surface area (Å²) in [5.41, 5.74) is 0. The number of guanidine groups is 1. The van der Waals surface area contributed by atoms with Crippen molar-refractivity contribution in [3.63, 3.8) is 0 Å². The molecule has 0 bridgehead atoms. The lowest BCUT2D eigenvalue weighted by Crippen LogP contribution is -2.41. The molecule has 1 aliphatic heterocycles. The highest BCUT2D eigenvalue weighted by molar-refractivity contribution is 5.81. The van der Waals surface area contributed by atoms with Crippen LogP contribution in [0.5, 0.6) is 0 Å². The maximum Gasteiger partial charge on any atom is 0.222 e. The largest absolute Gasteiger partial charge is 0.356 e. The Morgan fingerprint density at radius 3 is 2.89 bits per heavy atom. The lowest BCUT2D eigenvalue weighted by Gasteiger charge is -2.16. The molecule has 18 heavy (non-hydrogen) atoms. The zero-order valence-corrected chi connectivity index (χ0v) is 11.4. The van der Waals surface area contributed by atoms with Gasteiger partial charge in [0.05, 0.1) is 0 Å². The van der Waals surface area contributed by atoms with Crippen LogP contribution in [0, 0.1) is 5.92 Å². The summed E-state index contributed by atoms with van der Waals surface area (Å²) >= 11 is 0. The molecule has 102 valence electrons. The van der Waals surface area contributed by atoms with Gasteiger partial charge >= 0.3 is 0 Å². The van der Waals surface area contributed by atoms with Gasteiger partial charge in [0.2, 0.25) is 5.91 Å². The normalized spacial score (nSPS) is 24.6. The van der Waals surface area contributed by atoms with E-state index in [4.69, 9.17) is 0 Å². The van der Waals surface area contributed by atoms with Crippen LogP contribution in [0.4, 0.5) is 0 Å². The molecule has 1 aliphatic carbocycles. The van der Waals surface area contributed by atoms with E-state index in [1.54, 1.807) is 7.05 Å². The van der Waals surface area contributed by atoms with Crippen LogP contribution in [0.2, 0.25) is 0 Å². The third-order valence-electron chi connectivity index (χ3n) is 3.49. The number of likely N-dealkylation sites (tertiary alicyclic amines) is 1. The van der Waals surface area contributed by atoms with Crippen molar-refractivity contribution in [3.8, 4) is 0 Å². The molecule has 1 saturated heterocycles. The summed E-state index contributed by atoms with van der Waals surface area (Å²) in [5.74, 6) is 1.59. The van der Waals surface area contributed by atoms with Gasteiger partial charge in [0.1, 0.15) is 0 Å². The number of hydrogen-bond donors (Lipinski definition) is 2. The van der Waals surface area contributed by atoms with Crippen molar-refractivity contribution in [2.45, 2.75) is 38.6 Å². The van der Waals surface area contributed by atoms with Crippen LogP contribution in [-0.2, 0) is 4.79 Å². The second-order valence-corrected chi connectivity index (χ2v) is 5.28. The highest BCUT2D eigenvalue weighted by atomic mass is 16.2. The van der Waals surface area contributed by atoms with Gasteiger partial charge < -0.3 is 15.5 Å². The van der Waals surface area contributed by atoms with Gasteiger partial charge in [0.15, 0.2) is 5.96 Å². The maximum atomic E-state index is 11.7. The summed E-state index contributed by atoms with van der Waals surface area (Å²) < 4.78 is 0. The molecule has 0 aromatic carbocycles. The molecular weight excluding hydrogens is 228 g/mol. The van der Waals surface area contributed by atoms with Crippen LogP contribution in [0.25, 0.3) is 0 Å². The van der Waals surface area contributed by atoms with Crippen LogP contribution in [0.15, 0.2) is 4.99 Å². The van der Waals surface area contributed by atoms with E-state index in [1.165, 1.54) is 12.8 Å². The van der Waals surface area contributed by atoms with Gasteiger partial charge in [-0.15, -0.1) is 0 Å². The van der Waals surface area contributed by atoms with Gasteiger partial charge in [-0.1, -0.05) is 6.92 Å². The van der Waals surface area contributed by atoms with Gasteiger partial charge in [0, 0.05) is 45.1 Å². The topological polar surface area (TPSA) is 56.7 Å². The molecule has 0 aromatic heterocycles. The van der Waals surface area contributed by atoms with Crippen LogP contribution in [-0.4, -0.2) is 49.5 Å². The Morgan fingerprint density at radius 2 is 2.28 bits per heavy atom. The fourth-order valence-corrected chi connectivity index (χ4v) is 2.33. The maximum absolute atomic E-state index is 11.7. The molecule has 1 heterocycles. The van der Waals surface area contributed by atoms with Crippen molar-refractivity contribution in [2.75, 3.05) is 26.7 Å². The van der Waals surface area contributed by atoms with Gasteiger partial charge in [0.25, 0.3) is 0 Å². The minimum Gasteiger partial charge on any atom is -0.356 e. The van der Waals surface area contributed by atoms with Crippen LogP contribution < -0.4 is 10.6 Å². The summed E-state index contributed by atoms with van der Waals surface area (Å²) in [6, 6.07) is 0.609. The first-order valence-corrected chi connectivity index (χ1v) is 6.98. The summed E-state index contributed by atoms with van der Waals surface area (Å²) in [7, 11) is 1.79. The molecule has 2 rings (SSSR count). The number of nitrogens with one attached hydrogen (secondary N) is 2. The lowest BCUT2D eigenvalue weighted by molar-refractivity contribution is -0.127. The monoisotopic (exact) mass is 252 g/mol. The molecule has 2 fully saturated rings. The third kappa shape index (κ3) is 3.62. The standard InChI is InChI=1S/C13H24N4O/c1-3-6-17-9-10(7-12(17)18)8-15-13(14-2)16-11-4-5-11/h10-11H,3-9H2,1-2H3,(H2,14,15,16). The molecular formula is C13H24N4O. The van der Waals surface area contributed by atoms with Crippen LogP contribution in [0.3, 0.4) is 0 Å². The molecule has 2 N–H and O–H groups in total. The third-order valence-corrected chi connectivity index (χ3v) is 3.49. The minimum absolute atomic E-state index is 0.300. The van der Waals surface area contributed by atoms with Crippen molar-refractivity contribution in [1.82, 2.24) is 15.5 Å². The Balaban J connectivity index is 1.71. The van der Waals surface area contributed by atoms with Gasteiger partial charge in [-0.05, 0) is 19.3 Å². The predicted octanol–water partition coefficient (Wildman–Crippen LogP) is 0.572. The van der Waals surface area contributed by atoms with Crippen molar-refractivity contribution >= 4 is 11.9 Å². The number of amides is 1. The fraction of sp³-hybridized carbons (Fsp3) is 0.846. The molecule has 1 saturated carbocycles. The highest BCUT2D eigenvalue weighted by Gasteiger charge is 2.29. The van der Waals surface area contributed by atoms with Crippen LogP contribution in [0.1, 0.15) is 32.6 Å². The number of carbonyl (C=O) groups is 1. The molecule has 0 radical (unpaired) electrons. The zero-order chi connectivity index (χ0) is 13.0. The Bertz CT molecular complexity index is 325. The molecule has 5 nitrogen and oxygen atoms in total. The summed E-state index contributed by atoms with van der Waals surface area (Å²) in [4.78, 5) is 17.9. The zero-order valence-electron chi connectivity index (χ0n) is 11.4. The predicted molar refractivity (Wildman–Crippen MR) is 72.5 cm³/mol. The van der Waals surface area contributed by atoms with E-state index in [1.807, 2.05) is 4.90 Å².